The Morgan fingerprint density at radius 3 is 2.70 bits per heavy atom. The molecule has 0 radical (unpaired) electrons. The van der Waals surface area contributed by atoms with E-state index in [2.05, 4.69) is 39.9 Å². The molecule has 1 aliphatic rings. The van der Waals surface area contributed by atoms with Crippen molar-refractivity contribution < 1.29 is 9.13 Å². The molecule has 0 saturated carbocycles. The lowest BCUT2D eigenvalue weighted by molar-refractivity contribution is 0.134. The highest BCUT2D eigenvalue weighted by Crippen LogP contribution is 2.20. The number of aromatic nitrogens is 1. The van der Waals surface area contributed by atoms with E-state index in [1.165, 1.54) is 6.07 Å². The topological polar surface area (TPSA) is 61.8 Å². The summed E-state index contributed by atoms with van der Waals surface area (Å²) >= 11 is 0. The highest BCUT2D eigenvalue weighted by atomic mass is 127. The van der Waals surface area contributed by atoms with Crippen LogP contribution in [0.2, 0.25) is 0 Å². The summed E-state index contributed by atoms with van der Waals surface area (Å²) in [7, 11) is 0. The van der Waals surface area contributed by atoms with E-state index in [9.17, 15) is 4.39 Å². The van der Waals surface area contributed by atoms with Crippen LogP contribution in [0.1, 0.15) is 31.4 Å². The van der Waals surface area contributed by atoms with Gasteiger partial charge in [0.2, 0.25) is 0 Å². The highest BCUT2D eigenvalue weighted by Gasteiger charge is 2.25. The van der Waals surface area contributed by atoms with Gasteiger partial charge < -0.3 is 20.3 Å². The molecule has 1 saturated heterocycles. The molecule has 2 aromatic rings. The number of aliphatic imine (C=N–C) groups is 1. The molecule has 3 rings (SSSR count). The number of ether oxygens (including phenoxy) is 1. The zero-order valence-corrected chi connectivity index (χ0v) is 19.9. The van der Waals surface area contributed by atoms with E-state index < -0.39 is 0 Å². The van der Waals surface area contributed by atoms with Crippen molar-refractivity contribution in [1.82, 2.24) is 15.6 Å². The van der Waals surface area contributed by atoms with Gasteiger partial charge >= 0.3 is 0 Å². The number of guanidine groups is 1. The number of rotatable bonds is 8. The lowest BCUT2D eigenvalue weighted by atomic mass is 10.1. The Morgan fingerprint density at radius 1 is 1.23 bits per heavy atom. The zero-order chi connectivity index (χ0) is 20.5. The average Bonchev–Trinajstić information content (AvgIpc) is 3.20. The molecule has 164 valence electrons. The molecular formula is C22H31FIN5O. The van der Waals surface area contributed by atoms with Crippen molar-refractivity contribution in [3.8, 4) is 0 Å². The second-order valence-electron chi connectivity index (χ2n) is 7.03. The van der Waals surface area contributed by atoms with Crippen LogP contribution in [0.25, 0.3) is 0 Å². The van der Waals surface area contributed by atoms with E-state index in [4.69, 9.17) is 9.73 Å². The quantitative estimate of drug-likeness (QED) is 0.312. The van der Waals surface area contributed by atoms with Crippen LogP contribution in [0.3, 0.4) is 0 Å². The molecule has 2 heterocycles. The number of nitrogens with one attached hydrogen (secondary N) is 2. The third-order valence-electron chi connectivity index (χ3n) is 4.83. The number of hydrogen-bond acceptors (Lipinski definition) is 4. The molecule has 6 nitrogen and oxygen atoms in total. The second kappa shape index (κ2) is 12.7. The first-order valence-electron chi connectivity index (χ1n) is 10.3. The van der Waals surface area contributed by atoms with E-state index in [-0.39, 0.29) is 35.8 Å². The largest absolute Gasteiger partial charge is 0.377 e. The minimum absolute atomic E-state index is 0. The Morgan fingerprint density at radius 2 is 2.00 bits per heavy atom. The van der Waals surface area contributed by atoms with Crippen LogP contribution in [0, 0.1) is 5.82 Å². The Kier molecular flexibility index (Phi) is 10.3. The van der Waals surface area contributed by atoms with Crippen LogP contribution in [-0.4, -0.2) is 43.2 Å². The smallest absolute Gasteiger partial charge is 0.191 e. The summed E-state index contributed by atoms with van der Waals surface area (Å²) in [5.74, 6) is 0.923. The molecule has 8 heteroatoms. The summed E-state index contributed by atoms with van der Waals surface area (Å²) in [6.07, 6.45) is 2.54. The monoisotopic (exact) mass is 527 g/mol. The van der Waals surface area contributed by atoms with Gasteiger partial charge in [0.25, 0.3) is 0 Å². The summed E-state index contributed by atoms with van der Waals surface area (Å²) in [5.41, 5.74) is 2.31. The first-order chi connectivity index (χ1) is 14.2. The van der Waals surface area contributed by atoms with Gasteiger partial charge in [-0.1, -0.05) is 24.3 Å². The highest BCUT2D eigenvalue weighted by molar-refractivity contribution is 14.0. The number of hydrogen-bond donors (Lipinski definition) is 2. The van der Waals surface area contributed by atoms with Gasteiger partial charge in [-0.2, -0.15) is 0 Å². The molecule has 1 fully saturated rings. The lowest BCUT2D eigenvalue weighted by Gasteiger charge is -2.20. The standard InChI is InChI=1S/C22H30FN5O.HI/c1-3-24-22(26-14-17-7-9-18(10-8-17)16-29-4-2)27-19-11-13-28(15-19)21-20(23)6-5-12-25-21;/h5-10,12,19H,3-4,11,13-16H2,1-2H3,(H2,24,26,27);1H. The molecule has 1 aromatic carbocycles. The van der Waals surface area contributed by atoms with Crippen LogP contribution < -0.4 is 15.5 Å². The molecule has 2 N–H and O–H groups in total. The van der Waals surface area contributed by atoms with E-state index >= 15 is 0 Å². The van der Waals surface area contributed by atoms with Crippen LogP contribution in [0.15, 0.2) is 47.6 Å². The van der Waals surface area contributed by atoms with Crippen molar-refractivity contribution in [3.05, 3.63) is 59.5 Å². The van der Waals surface area contributed by atoms with E-state index in [1.54, 1.807) is 12.3 Å². The number of pyridine rings is 1. The normalized spacial score (nSPS) is 16.3. The van der Waals surface area contributed by atoms with Gasteiger partial charge in [0, 0.05) is 38.5 Å². The molecule has 0 amide bonds. The molecule has 1 aromatic heterocycles. The van der Waals surface area contributed by atoms with Gasteiger partial charge in [0.05, 0.1) is 13.2 Å². The summed E-state index contributed by atoms with van der Waals surface area (Å²) in [4.78, 5) is 10.9. The molecule has 30 heavy (non-hydrogen) atoms. The molecule has 0 aliphatic carbocycles. The minimum Gasteiger partial charge on any atom is -0.377 e. The number of benzene rings is 1. The van der Waals surface area contributed by atoms with E-state index in [1.807, 2.05) is 18.7 Å². The Balaban J connectivity index is 0.00000320. The van der Waals surface area contributed by atoms with Gasteiger partial charge in [-0.05, 0) is 43.5 Å². The maximum absolute atomic E-state index is 14.0. The summed E-state index contributed by atoms with van der Waals surface area (Å²) < 4.78 is 19.4. The van der Waals surface area contributed by atoms with E-state index in [0.717, 1.165) is 43.2 Å². The van der Waals surface area contributed by atoms with Crippen LogP contribution in [0.4, 0.5) is 10.2 Å². The maximum atomic E-state index is 14.0. The number of anilines is 1. The lowest BCUT2D eigenvalue weighted by Crippen LogP contribution is -2.44. The van der Waals surface area contributed by atoms with Crippen molar-refractivity contribution in [2.24, 2.45) is 4.99 Å². The molecule has 1 unspecified atom stereocenters. The first kappa shape index (κ1) is 24.3. The van der Waals surface area contributed by atoms with Gasteiger partial charge in [-0.25, -0.2) is 14.4 Å². The molecule has 0 bridgehead atoms. The Bertz CT molecular complexity index is 802. The van der Waals surface area contributed by atoms with Gasteiger partial charge in [0.15, 0.2) is 17.6 Å². The SMILES string of the molecule is CCNC(=NCc1ccc(COCC)cc1)NC1CCN(c2ncccc2F)C1.I. The molecule has 1 atom stereocenters. The first-order valence-corrected chi connectivity index (χ1v) is 10.3. The fourth-order valence-electron chi connectivity index (χ4n) is 3.33. The van der Waals surface area contributed by atoms with Crippen LogP contribution >= 0.6 is 24.0 Å². The fraction of sp³-hybridized carbons (Fsp3) is 0.455. The van der Waals surface area contributed by atoms with Crippen molar-refractivity contribution in [2.75, 3.05) is 31.1 Å². The predicted molar refractivity (Wildman–Crippen MR) is 130 cm³/mol. The molecule has 1 aliphatic heterocycles. The molecule has 0 spiro atoms. The second-order valence-corrected chi connectivity index (χ2v) is 7.03. The summed E-state index contributed by atoms with van der Waals surface area (Å²) in [6, 6.07) is 11.6. The van der Waals surface area contributed by atoms with Crippen molar-refractivity contribution in [1.29, 1.82) is 0 Å². The maximum Gasteiger partial charge on any atom is 0.191 e. The van der Waals surface area contributed by atoms with Gasteiger partial charge in [-0.3, -0.25) is 0 Å². The fourth-order valence-corrected chi connectivity index (χ4v) is 3.33. The van der Waals surface area contributed by atoms with Crippen molar-refractivity contribution in [3.63, 3.8) is 0 Å². The predicted octanol–water partition coefficient (Wildman–Crippen LogP) is 3.71. The number of halogens is 2. The van der Waals surface area contributed by atoms with Crippen LogP contribution in [0.5, 0.6) is 0 Å². The average molecular weight is 527 g/mol. The third-order valence-corrected chi connectivity index (χ3v) is 4.83. The Hall–Kier alpha value is -1.94. The third kappa shape index (κ3) is 7.09. The Labute approximate surface area is 195 Å². The van der Waals surface area contributed by atoms with E-state index in [0.29, 0.717) is 25.5 Å². The van der Waals surface area contributed by atoms with Crippen LogP contribution in [-0.2, 0) is 17.9 Å². The van der Waals surface area contributed by atoms with Crippen molar-refractivity contribution >= 4 is 35.8 Å². The van der Waals surface area contributed by atoms with Gasteiger partial charge in [-0.15, -0.1) is 24.0 Å². The zero-order valence-electron chi connectivity index (χ0n) is 17.6. The summed E-state index contributed by atoms with van der Waals surface area (Å²) in [5, 5.41) is 6.77. The minimum atomic E-state index is -0.276. The van der Waals surface area contributed by atoms with Gasteiger partial charge in [0.1, 0.15) is 0 Å². The summed E-state index contributed by atoms with van der Waals surface area (Å²) in [6.45, 7) is 8.24. The van der Waals surface area contributed by atoms with Crippen molar-refractivity contribution in [2.45, 2.75) is 39.5 Å². The number of nitrogens with zero attached hydrogens (tertiary/aromatic N) is 3. The molecular weight excluding hydrogens is 496 g/mol.